The molecule has 0 bridgehead atoms. The van der Waals surface area contributed by atoms with E-state index in [0.717, 1.165) is 17.7 Å². The van der Waals surface area contributed by atoms with Crippen molar-refractivity contribution in [2.45, 2.75) is 13.3 Å². The van der Waals surface area contributed by atoms with E-state index in [9.17, 15) is 0 Å². The van der Waals surface area contributed by atoms with Crippen molar-refractivity contribution >= 4 is 70.0 Å². The molecule has 17 heavy (non-hydrogen) atoms. The van der Waals surface area contributed by atoms with Crippen molar-refractivity contribution < 1.29 is 10.2 Å². The van der Waals surface area contributed by atoms with Crippen LogP contribution < -0.4 is 11.1 Å². The molecule has 0 radical (unpaired) electrons. The monoisotopic (exact) mass is 282 g/mol. The van der Waals surface area contributed by atoms with Crippen LogP contribution in [0, 0.1) is 0 Å². The Morgan fingerprint density at radius 1 is 1.29 bits per heavy atom. The normalized spacial score (nSPS) is 8.06. The molecule has 1 aromatic rings. The molecule has 0 heterocycles. The fourth-order valence-electron chi connectivity index (χ4n) is 1.07. The Kier molecular flexibility index (Phi) is 12.0. The molecule has 1 aromatic carbocycles. The van der Waals surface area contributed by atoms with E-state index in [1.807, 2.05) is 24.3 Å². The van der Waals surface area contributed by atoms with Gasteiger partial charge in [0.1, 0.15) is 0 Å². The fraction of sp³-hybridized carbons (Fsp3) is 0.200. The SMILES string of the molecule is CCc1ccccc1NC(O)=S.NC(O)=S.[NaH]. The van der Waals surface area contributed by atoms with Crippen molar-refractivity contribution in [1.82, 2.24) is 0 Å². The average Bonchev–Trinajstić information content (AvgIpc) is 2.17. The summed E-state index contributed by atoms with van der Waals surface area (Å²) >= 11 is 8.40. The molecule has 0 fully saturated rings. The van der Waals surface area contributed by atoms with Gasteiger partial charge in [-0.05, 0) is 42.5 Å². The molecule has 0 aromatic heterocycles. The first-order chi connectivity index (χ1) is 7.47. The Balaban J connectivity index is 0. The number of nitrogens with one attached hydrogen (secondary N) is 1. The second-order valence-corrected chi connectivity index (χ2v) is 3.58. The summed E-state index contributed by atoms with van der Waals surface area (Å²) in [6, 6.07) is 7.76. The minimum absolute atomic E-state index is 0. The van der Waals surface area contributed by atoms with Crippen molar-refractivity contribution in [3.63, 3.8) is 0 Å². The molecular formula is C10H15N2NaO2S2. The third-order valence-corrected chi connectivity index (χ3v) is 1.74. The van der Waals surface area contributed by atoms with Crippen molar-refractivity contribution in [1.29, 1.82) is 0 Å². The quantitative estimate of drug-likeness (QED) is 0.488. The molecule has 1 rings (SSSR count). The fourth-order valence-corrected chi connectivity index (χ4v) is 1.18. The predicted octanol–water partition coefficient (Wildman–Crippen LogP) is 1.64. The van der Waals surface area contributed by atoms with Crippen molar-refractivity contribution in [3.05, 3.63) is 29.8 Å². The summed E-state index contributed by atoms with van der Waals surface area (Å²) in [5, 5.41) is 18.4. The summed E-state index contributed by atoms with van der Waals surface area (Å²) in [7, 11) is 0. The molecule has 0 aliphatic rings. The zero-order chi connectivity index (χ0) is 12.6. The number of aryl methyl sites for hydroxylation is 1. The number of para-hydroxylation sites is 1. The van der Waals surface area contributed by atoms with E-state index in [1.165, 1.54) is 0 Å². The Morgan fingerprint density at radius 2 is 1.76 bits per heavy atom. The van der Waals surface area contributed by atoms with Crippen LogP contribution in [-0.4, -0.2) is 50.1 Å². The number of hydrogen-bond acceptors (Lipinski definition) is 2. The van der Waals surface area contributed by atoms with Gasteiger partial charge in [-0.3, -0.25) is 0 Å². The van der Waals surface area contributed by atoms with Crippen LogP contribution in [0.1, 0.15) is 12.5 Å². The number of aliphatic hydroxyl groups is 2. The van der Waals surface area contributed by atoms with Crippen LogP contribution in [-0.2, 0) is 6.42 Å². The van der Waals surface area contributed by atoms with Crippen molar-refractivity contribution in [3.8, 4) is 0 Å². The predicted molar refractivity (Wildman–Crippen MR) is 81.2 cm³/mol. The first kappa shape index (κ1) is 19.0. The standard InChI is InChI=1S/C9H11NOS.CH3NOS.Na.H/c1-2-7-5-3-4-6-8(7)10-9(11)12;2-1(3)4;;/h3-6H,2H2,1H3,(H2,10,11,12);(H3,2,3,4);;. The summed E-state index contributed by atoms with van der Waals surface area (Å²) < 4.78 is 0. The molecule has 0 saturated heterocycles. The summed E-state index contributed by atoms with van der Waals surface area (Å²) in [4.78, 5) is 0. The maximum atomic E-state index is 8.85. The number of rotatable bonds is 2. The van der Waals surface area contributed by atoms with E-state index in [-0.39, 0.29) is 34.7 Å². The van der Waals surface area contributed by atoms with Gasteiger partial charge in [-0.2, -0.15) is 0 Å². The van der Waals surface area contributed by atoms with E-state index < -0.39 is 5.17 Å². The van der Waals surface area contributed by atoms with Crippen molar-refractivity contribution in [2.75, 3.05) is 5.32 Å². The molecule has 7 heteroatoms. The zero-order valence-corrected chi connectivity index (χ0v) is 10.4. The molecular weight excluding hydrogens is 267 g/mol. The van der Waals surface area contributed by atoms with Gasteiger partial charge in [0.25, 0.3) is 10.3 Å². The van der Waals surface area contributed by atoms with Crippen LogP contribution >= 0.6 is 24.4 Å². The van der Waals surface area contributed by atoms with Gasteiger partial charge in [0, 0.05) is 5.69 Å². The molecule has 0 aliphatic heterocycles. The summed E-state index contributed by atoms with van der Waals surface area (Å²) in [6.45, 7) is 2.06. The van der Waals surface area contributed by atoms with Crippen LogP contribution in [0.2, 0.25) is 0 Å². The van der Waals surface area contributed by atoms with Crippen LogP contribution in [0.4, 0.5) is 5.69 Å². The first-order valence-corrected chi connectivity index (χ1v) is 5.35. The molecule has 0 unspecified atom stereocenters. The third kappa shape index (κ3) is 10.5. The van der Waals surface area contributed by atoms with Crippen LogP contribution in [0.5, 0.6) is 0 Å². The summed E-state index contributed by atoms with van der Waals surface area (Å²) in [5.74, 6) is 0. The van der Waals surface area contributed by atoms with Crippen LogP contribution in [0.15, 0.2) is 24.3 Å². The van der Waals surface area contributed by atoms with E-state index in [2.05, 4.69) is 42.4 Å². The summed E-state index contributed by atoms with van der Waals surface area (Å²) in [5.41, 5.74) is 6.43. The van der Waals surface area contributed by atoms with Gasteiger partial charge in [0.15, 0.2) is 0 Å². The van der Waals surface area contributed by atoms with E-state index in [0.29, 0.717) is 0 Å². The van der Waals surface area contributed by atoms with E-state index >= 15 is 0 Å². The van der Waals surface area contributed by atoms with E-state index in [1.54, 1.807) is 0 Å². The minimum atomic E-state index is -0.500. The Labute approximate surface area is 134 Å². The molecule has 0 saturated carbocycles. The van der Waals surface area contributed by atoms with Gasteiger partial charge in [-0.1, -0.05) is 25.1 Å². The number of thiocarbonyl (C=S) groups is 2. The Bertz CT molecular complexity index is 371. The molecule has 0 aliphatic carbocycles. The van der Waals surface area contributed by atoms with Gasteiger partial charge in [0.05, 0.1) is 0 Å². The molecule has 0 spiro atoms. The molecule has 4 nitrogen and oxygen atoms in total. The zero-order valence-electron chi connectivity index (χ0n) is 8.80. The Morgan fingerprint density at radius 3 is 2.18 bits per heavy atom. The topological polar surface area (TPSA) is 78.5 Å². The molecule has 0 amide bonds. The maximum absolute atomic E-state index is 8.85. The molecule has 90 valence electrons. The third-order valence-electron chi connectivity index (χ3n) is 1.64. The average molecular weight is 282 g/mol. The van der Waals surface area contributed by atoms with Crippen LogP contribution in [0.25, 0.3) is 0 Å². The number of aliphatic hydroxyl groups excluding tert-OH is 2. The summed E-state index contributed by atoms with van der Waals surface area (Å²) in [6.07, 6.45) is 0.922. The van der Waals surface area contributed by atoms with Gasteiger partial charge in [-0.25, -0.2) is 0 Å². The van der Waals surface area contributed by atoms with Gasteiger partial charge in [0.2, 0.25) is 0 Å². The van der Waals surface area contributed by atoms with E-state index in [4.69, 9.17) is 10.2 Å². The van der Waals surface area contributed by atoms with Gasteiger partial charge in [-0.15, -0.1) is 0 Å². The number of nitrogens with two attached hydrogens (primary N) is 1. The second kappa shape index (κ2) is 10.7. The molecule has 0 atom stereocenters. The second-order valence-electron chi connectivity index (χ2n) is 2.78. The van der Waals surface area contributed by atoms with Crippen LogP contribution in [0.3, 0.4) is 0 Å². The van der Waals surface area contributed by atoms with Gasteiger partial charge < -0.3 is 21.3 Å². The molecule has 5 N–H and O–H groups in total. The van der Waals surface area contributed by atoms with Gasteiger partial charge >= 0.3 is 29.6 Å². The number of benzene rings is 1. The number of anilines is 1. The number of hydrogen-bond donors (Lipinski definition) is 4. The first-order valence-electron chi connectivity index (χ1n) is 4.53. The van der Waals surface area contributed by atoms with Crippen molar-refractivity contribution in [2.24, 2.45) is 5.73 Å². The Hall–Kier alpha value is -0.400.